The Morgan fingerprint density at radius 2 is 2.13 bits per heavy atom. The van der Waals surface area contributed by atoms with E-state index < -0.39 is 0 Å². The molecule has 5 atom stereocenters. The fourth-order valence-electron chi connectivity index (χ4n) is 3.86. The van der Waals surface area contributed by atoms with Gasteiger partial charge in [0.25, 0.3) is 0 Å². The van der Waals surface area contributed by atoms with Gasteiger partial charge in [0.15, 0.2) is 0 Å². The second kappa shape index (κ2) is 6.46. The van der Waals surface area contributed by atoms with Crippen LogP contribution in [-0.4, -0.2) is 41.9 Å². The summed E-state index contributed by atoms with van der Waals surface area (Å²) < 4.78 is 0. The molecule has 1 saturated carbocycles. The number of piperidine rings is 1. The van der Waals surface area contributed by atoms with Crippen molar-refractivity contribution in [2.45, 2.75) is 35.9 Å². The number of likely N-dealkylation sites (tertiary alicyclic amines) is 1. The number of hydrogen-bond acceptors (Lipinski definition) is 3. The molecule has 5 heteroatoms. The number of rotatable bonds is 3. The first-order valence-corrected chi connectivity index (χ1v) is 9.60. The van der Waals surface area contributed by atoms with Crippen LogP contribution in [0.15, 0.2) is 30.3 Å². The Hall–Kier alpha value is -1.04. The van der Waals surface area contributed by atoms with E-state index >= 15 is 0 Å². The minimum absolute atomic E-state index is 0.0775. The minimum atomic E-state index is -0.0775. The van der Waals surface area contributed by atoms with Crippen molar-refractivity contribution in [2.75, 3.05) is 19.6 Å². The fourth-order valence-corrected chi connectivity index (χ4v) is 5.41. The summed E-state index contributed by atoms with van der Waals surface area (Å²) in [5, 5.41) is 4.53. The molecule has 0 aromatic heterocycles. The molecule has 23 heavy (non-hydrogen) atoms. The molecular weight excluding hydrogens is 306 g/mol. The van der Waals surface area contributed by atoms with Crippen LogP contribution in [0, 0.1) is 11.8 Å². The van der Waals surface area contributed by atoms with Gasteiger partial charge in [-0.15, -0.1) is 17.8 Å². The number of amides is 1. The standard InChI is InChI=1S/C18H24N3OS/c19-13-7-4-8-21(11-13)18(22)15-9-14(15)17-20-10-16(23-17)12-5-2-1-3-6-12/h1-3,5-6,13-17,19-20H,4,7-11H2/q-1. The van der Waals surface area contributed by atoms with Gasteiger partial charge in [0.2, 0.25) is 5.91 Å². The quantitative estimate of drug-likeness (QED) is 0.926. The fraction of sp³-hybridized carbons (Fsp3) is 0.611. The molecule has 5 unspecified atom stereocenters. The van der Waals surface area contributed by atoms with Crippen LogP contribution in [0.4, 0.5) is 0 Å². The second-order valence-electron chi connectivity index (χ2n) is 6.99. The molecule has 4 nitrogen and oxygen atoms in total. The lowest BCUT2D eigenvalue weighted by Crippen LogP contribution is -2.42. The summed E-state index contributed by atoms with van der Waals surface area (Å²) in [7, 11) is 0. The summed E-state index contributed by atoms with van der Waals surface area (Å²) in [6.07, 6.45) is 2.95. The molecule has 1 aromatic carbocycles. The summed E-state index contributed by atoms with van der Waals surface area (Å²) >= 11 is 1.98. The molecule has 0 bridgehead atoms. The SMILES string of the molecule is [NH-]C1CCCN(C(=O)C2CC2C2NCC(c3ccccc3)S2)C1. The maximum absolute atomic E-state index is 12.6. The number of thioether (sulfide) groups is 1. The van der Waals surface area contributed by atoms with Crippen molar-refractivity contribution in [3.63, 3.8) is 0 Å². The third-order valence-corrected chi connectivity index (χ3v) is 6.84. The smallest absolute Gasteiger partial charge is 0.226 e. The van der Waals surface area contributed by atoms with Gasteiger partial charge in [0, 0.05) is 30.8 Å². The Labute approximate surface area is 142 Å². The van der Waals surface area contributed by atoms with Crippen molar-refractivity contribution < 1.29 is 4.79 Å². The Bertz CT molecular complexity index is 567. The minimum Gasteiger partial charge on any atom is -0.673 e. The van der Waals surface area contributed by atoms with Gasteiger partial charge in [-0.25, -0.2) is 0 Å². The second-order valence-corrected chi connectivity index (χ2v) is 8.34. The van der Waals surface area contributed by atoms with Crippen molar-refractivity contribution in [2.24, 2.45) is 11.8 Å². The third-order valence-electron chi connectivity index (χ3n) is 5.27. The zero-order valence-electron chi connectivity index (χ0n) is 13.3. The average Bonchev–Trinajstić information content (AvgIpc) is 3.23. The number of benzene rings is 1. The van der Waals surface area contributed by atoms with Crippen LogP contribution in [0.1, 0.15) is 30.1 Å². The van der Waals surface area contributed by atoms with Gasteiger partial charge in [-0.3, -0.25) is 4.79 Å². The lowest BCUT2D eigenvalue weighted by Gasteiger charge is -2.35. The predicted octanol–water partition coefficient (Wildman–Crippen LogP) is 3.07. The van der Waals surface area contributed by atoms with Crippen LogP contribution in [0.25, 0.3) is 5.73 Å². The Morgan fingerprint density at radius 1 is 1.30 bits per heavy atom. The Kier molecular flexibility index (Phi) is 4.35. The number of nitrogens with one attached hydrogen (secondary N) is 2. The molecule has 2 heterocycles. The van der Waals surface area contributed by atoms with Gasteiger partial charge in [0.1, 0.15) is 0 Å². The summed E-state index contributed by atoms with van der Waals surface area (Å²) in [5.74, 6) is 0.977. The lowest BCUT2D eigenvalue weighted by atomic mass is 10.1. The van der Waals surface area contributed by atoms with Crippen LogP contribution >= 0.6 is 11.8 Å². The third kappa shape index (κ3) is 3.28. The van der Waals surface area contributed by atoms with Crippen LogP contribution in [0.3, 0.4) is 0 Å². The van der Waals surface area contributed by atoms with E-state index in [1.807, 2.05) is 16.7 Å². The lowest BCUT2D eigenvalue weighted by molar-refractivity contribution is -0.133. The first-order valence-electron chi connectivity index (χ1n) is 8.66. The predicted molar refractivity (Wildman–Crippen MR) is 94.1 cm³/mol. The van der Waals surface area contributed by atoms with E-state index in [1.54, 1.807) is 0 Å². The van der Waals surface area contributed by atoms with Crippen molar-refractivity contribution >= 4 is 17.7 Å². The molecule has 2 saturated heterocycles. The van der Waals surface area contributed by atoms with E-state index in [1.165, 1.54) is 5.56 Å². The van der Waals surface area contributed by atoms with E-state index in [0.29, 0.717) is 29.0 Å². The molecule has 0 spiro atoms. The maximum atomic E-state index is 12.6. The van der Waals surface area contributed by atoms with Gasteiger partial charge in [-0.2, -0.15) is 0 Å². The molecule has 3 aliphatic rings. The van der Waals surface area contributed by atoms with Crippen LogP contribution < -0.4 is 5.32 Å². The maximum Gasteiger partial charge on any atom is 0.226 e. The number of carbonyl (C=O) groups excluding carboxylic acids is 1. The number of hydrogen-bond donors (Lipinski definition) is 1. The van der Waals surface area contributed by atoms with E-state index in [4.69, 9.17) is 5.73 Å². The topological polar surface area (TPSA) is 56.1 Å². The summed E-state index contributed by atoms with van der Waals surface area (Å²) in [6, 6.07) is 10.6. The zero-order chi connectivity index (χ0) is 15.8. The molecule has 1 aromatic rings. The molecule has 0 radical (unpaired) electrons. The van der Waals surface area contributed by atoms with E-state index in [2.05, 4.69) is 35.6 Å². The molecule has 1 aliphatic carbocycles. The van der Waals surface area contributed by atoms with E-state index in [9.17, 15) is 4.79 Å². The molecular formula is C18H24N3OS-. The van der Waals surface area contributed by atoms with Crippen molar-refractivity contribution in [1.29, 1.82) is 0 Å². The molecule has 2 N–H and O–H groups in total. The number of nitrogens with zero attached hydrogens (tertiary/aromatic N) is 1. The summed E-state index contributed by atoms with van der Waals surface area (Å²) in [4.78, 5) is 14.6. The van der Waals surface area contributed by atoms with Crippen molar-refractivity contribution in [3.05, 3.63) is 41.6 Å². The highest BCUT2D eigenvalue weighted by molar-refractivity contribution is 8.00. The summed E-state index contributed by atoms with van der Waals surface area (Å²) in [5.41, 5.74) is 9.26. The van der Waals surface area contributed by atoms with Crippen molar-refractivity contribution in [3.8, 4) is 0 Å². The van der Waals surface area contributed by atoms with Crippen LogP contribution in [0.2, 0.25) is 0 Å². The molecule has 4 rings (SSSR count). The first-order chi connectivity index (χ1) is 11.2. The van der Waals surface area contributed by atoms with E-state index in [-0.39, 0.29) is 12.0 Å². The Morgan fingerprint density at radius 3 is 2.91 bits per heavy atom. The Balaban J connectivity index is 1.32. The van der Waals surface area contributed by atoms with Gasteiger partial charge in [-0.05, 0) is 24.3 Å². The highest BCUT2D eigenvalue weighted by Crippen LogP contribution is 2.51. The zero-order valence-corrected chi connectivity index (χ0v) is 14.1. The molecule has 3 fully saturated rings. The monoisotopic (exact) mass is 330 g/mol. The average molecular weight is 330 g/mol. The molecule has 124 valence electrons. The van der Waals surface area contributed by atoms with Crippen LogP contribution in [0.5, 0.6) is 0 Å². The largest absolute Gasteiger partial charge is 0.673 e. The highest BCUT2D eigenvalue weighted by atomic mass is 32.2. The highest BCUT2D eigenvalue weighted by Gasteiger charge is 2.51. The normalized spacial score (nSPS) is 36.9. The van der Waals surface area contributed by atoms with Crippen molar-refractivity contribution in [1.82, 2.24) is 10.2 Å². The van der Waals surface area contributed by atoms with Gasteiger partial charge in [-0.1, -0.05) is 36.8 Å². The molecule has 1 amide bonds. The van der Waals surface area contributed by atoms with Gasteiger partial charge >= 0.3 is 0 Å². The molecule has 2 aliphatic heterocycles. The van der Waals surface area contributed by atoms with Gasteiger partial charge < -0.3 is 16.0 Å². The van der Waals surface area contributed by atoms with Gasteiger partial charge in [0.05, 0.1) is 5.37 Å². The summed E-state index contributed by atoms with van der Waals surface area (Å²) in [6.45, 7) is 2.49. The van der Waals surface area contributed by atoms with E-state index in [0.717, 1.165) is 32.4 Å². The number of carbonyl (C=O) groups is 1. The first kappa shape index (κ1) is 15.5. The van der Waals surface area contributed by atoms with Crippen LogP contribution in [-0.2, 0) is 4.79 Å².